The van der Waals surface area contributed by atoms with Gasteiger partial charge in [-0.05, 0) is 48.7 Å². The van der Waals surface area contributed by atoms with E-state index in [9.17, 15) is 5.11 Å². The van der Waals surface area contributed by atoms with Crippen molar-refractivity contribution in [1.29, 1.82) is 0 Å². The van der Waals surface area contributed by atoms with Gasteiger partial charge in [-0.1, -0.05) is 25.1 Å². The lowest BCUT2D eigenvalue weighted by Gasteiger charge is -2.18. The molecule has 1 unspecified atom stereocenters. The third kappa shape index (κ3) is 4.38. The van der Waals surface area contributed by atoms with Crippen molar-refractivity contribution in [2.45, 2.75) is 25.8 Å². The van der Waals surface area contributed by atoms with Crippen LogP contribution in [0.5, 0.6) is 5.75 Å². The summed E-state index contributed by atoms with van der Waals surface area (Å²) in [5, 5.41) is 12.8. The number of aromatic hydroxyl groups is 1. The molecule has 100 valence electrons. The Balaban J connectivity index is 2.01. The number of phenols is 1. The molecule has 3 nitrogen and oxygen atoms in total. The molecule has 2 aromatic rings. The largest absolute Gasteiger partial charge is 0.508 e. The second-order valence-electron chi connectivity index (χ2n) is 4.69. The van der Waals surface area contributed by atoms with Crippen LogP contribution in [-0.2, 0) is 12.8 Å². The number of hydrogen-bond donors (Lipinski definition) is 2. The molecule has 0 saturated carbocycles. The van der Waals surface area contributed by atoms with Crippen molar-refractivity contribution in [2.24, 2.45) is 0 Å². The highest BCUT2D eigenvalue weighted by atomic mass is 16.3. The van der Waals surface area contributed by atoms with Gasteiger partial charge >= 0.3 is 0 Å². The predicted octanol–water partition coefficient (Wildman–Crippen LogP) is 2.55. The normalized spacial score (nSPS) is 12.3. The van der Waals surface area contributed by atoms with Gasteiger partial charge in [-0.15, -0.1) is 0 Å². The van der Waals surface area contributed by atoms with Crippen LogP contribution in [0.4, 0.5) is 0 Å². The number of hydrogen-bond acceptors (Lipinski definition) is 3. The molecule has 2 rings (SSSR count). The number of nitrogens with one attached hydrogen (secondary N) is 1. The lowest BCUT2D eigenvalue weighted by molar-refractivity contribution is 0.474. The van der Waals surface area contributed by atoms with Crippen molar-refractivity contribution in [3.63, 3.8) is 0 Å². The molecule has 1 heterocycles. The number of phenolic OH excluding ortho intramolecular Hbond substituents is 1. The Morgan fingerprint density at radius 2 is 1.84 bits per heavy atom. The summed E-state index contributed by atoms with van der Waals surface area (Å²) >= 11 is 0. The summed E-state index contributed by atoms with van der Waals surface area (Å²) in [5.74, 6) is 0.316. The van der Waals surface area contributed by atoms with Gasteiger partial charge in [0.1, 0.15) is 5.75 Å². The first kappa shape index (κ1) is 13.6. The third-order valence-electron chi connectivity index (χ3n) is 3.12. The molecule has 1 atom stereocenters. The highest BCUT2D eigenvalue weighted by Gasteiger charge is 2.09. The summed E-state index contributed by atoms with van der Waals surface area (Å²) in [5.41, 5.74) is 2.47. The summed E-state index contributed by atoms with van der Waals surface area (Å²) < 4.78 is 0. The van der Waals surface area contributed by atoms with Gasteiger partial charge in [0.15, 0.2) is 0 Å². The maximum Gasteiger partial charge on any atom is 0.115 e. The van der Waals surface area contributed by atoms with E-state index in [-0.39, 0.29) is 0 Å². The van der Waals surface area contributed by atoms with Crippen LogP contribution in [0.15, 0.2) is 48.8 Å². The molecule has 0 aliphatic rings. The molecule has 19 heavy (non-hydrogen) atoms. The van der Waals surface area contributed by atoms with Gasteiger partial charge in [0.05, 0.1) is 0 Å². The molecule has 2 N–H and O–H groups in total. The average molecular weight is 256 g/mol. The minimum atomic E-state index is 0.316. The van der Waals surface area contributed by atoms with E-state index in [1.807, 2.05) is 24.4 Å². The Labute approximate surface area is 114 Å². The zero-order chi connectivity index (χ0) is 13.5. The Morgan fingerprint density at radius 1 is 1.11 bits per heavy atom. The molecule has 0 spiro atoms. The lowest BCUT2D eigenvalue weighted by atomic mass is 10.00. The van der Waals surface area contributed by atoms with E-state index in [0.717, 1.165) is 19.4 Å². The van der Waals surface area contributed by atoms with Crippen LogP contribution in [0.3, 0.4) is 0 Å². The molecule has 0 saturated heterocycles. The first-order valence-electron chi connectivity index (χ1n) is 6.68. The van der Waals surface area contributed by atoms with E-state index in [1.165, 1.54) is 11.1 Å². The standard InChI is InChI=1S/C16H20N2O/c1-2-18-15(11-14-4-3-9-17-12-14)10-13-5-7-16(19)8-6-13/h3-9,12,15,18-19H,2,10-11H2,1H3. The van der Waals surface area contributed by atoms with Crippen molar-refractivity contribution in [2.75, 3.05) is 6.54 Å². The Hall–Kier alpha value is -1.87. The number of rotatable bonds is 6. The number of aromatic nitrogens is 1. The SMILES string of the molecule is CCNC(Cc1ccc(O)cc1)Cc1cccnc1. The van der Waals surface area contributed by atoms with Crippen LogP contribution in [-0.4, -0.2) is 22.7 Å². The van der Waals surface area contributed by atoms with E-state index < -0.39 is 0 Å². The maximum absolute atomic E-state index is 9.31. The fraction of sp³-hybridized carbons (Fsp3) is 0.312. The molecule has 1 aromatic heterocycles. The van der Waals surface area contributed by atoms with Crippen LogP contribution in [0, 0.1) is 0 Å². The first-order chi connectivity index (χ1) is 9.28. The number of benzene rings is 1. The molecule has 0 amide bonds. The van der Waals surface area contributed by atoms with Crippen molar-refractivity contribution in [3.8, 4) is 5.75 Å². The summed E-state index contributed by atoms with van der Waals surface area (Å²) in [4.78, 5) is 4.16. The van der Waals surface area contributed by atoms with Gasteiger partial charge in [-0.2, -0.15) is 0 Å². The van der Waals surface area contributed by atoms with Crippen molar-refractivity contribution >= 4 is 0 Å². The third-order valence-corrected chi connectivity index (χ3v) is 3.12. The van der Waals surface area contributed by atoms with Gasteiger partial charge in [0, 0.05) is 18.4 Å². The first-order valence-corrected chi connectivity index (χ1v) is 6.68. The second-order valence-corrected chi connectivity index (χ2v) is 4.69. The number of pyridine rings is 1. The summed E-state index contributed by atoms with van der Waals surface area (Å²) in [6.45, 7) is 3.07. The quantitative estimate of drug-likeness (QED) is 0.835. The summed E-state index contributed by atoms with van der Waals surface area (Å²) in [6, 6.07) is 11.9. The Bertz CT molecular complexity index is 482. The fourth-order valence-corrected chi connectivity index (χ4v) is 2.23. The van der Waals surface area contributed by atoms with Crippen molar-refractivity contribution in [1.82, 2.24) is 10.3 Å². The van der Waals surface area contributed by atoms with E-state index in [2.05, 4.69) is 23.3 Å². The van der Waals surface area contributed by atoms with E-state index in [1.54, 1.807) is 18.3 Å². The molecule has 0 aliphatic heterocycles. The zero-order valence-electron chi connectivity index (χ0n) is 11.2. The van der Waals surface area contributed by atoms with Gasteiger partial charge in [0.25, 0.3) is 0 Å². The van der Waals surface area contributed by atoms with Crippen LogP contribution in [0.1, 0.15) is 18.1 Å². The molecule has 1 aromatic carbocycles. The molecule has 0 radical (unpaired) electrons. The Kier molecular flexibility index (Phi) is 4.93. The van der Waals surface area contributed by atoms with E-state index in [4.69, 9.17) is 0 Å². The van der Waals surface area contributed by atoms with Gasteiger partial charge in [-0.25, -0.2) is 0 Å². The molecule has 0 fully saturated rings. The summed E-state index contributed by atoms with van der Waals surface area (Å²) in [6.07, 6.45) is 5.62. The monoisotopic (exact) mass is 256 g/mol. The topological polar surface area (TPSA) is 45.1 Å². The number of likely N-dealkylation sites (N-methyl/N-ethyl adjacent to an activating group) is 1. The van der Waals surface area contributed by atoms with Gasteiger partial charge < -0.3 is 10.4 Å². The zero-order valence-corrected chi connectivity index (χ0v) is 11.2. The highest BCUT2D eigenvalue weighted by molar-refractivity contribution is 5.26. The lowest BCUT2D eigenvalue weighted by Crippen LogP contribution is -2.33. The summed E-state index contributed by atoms with van der Waals surface area (Å²) in [7, 11) is 0. The molecule has 3 heteroatoms. The predicted molar refractivity (Wildman–Crippen MR) is 77.2 cm³/mol. The van der Waals surface area contributed by atoms with Gasteiger partial charge in [-0.3, -0.25) is 4.98 Å². The molecular formula is C16H20N2O. The second kappa shape index (κ2) is 6.90. The molecular weight excluding hydrogens is 236 g/mol. The van der Waals surface area contributed by atoms with E-state index in [0.29, 0.717) is 11.8 Å². The van der Waals surface area contributed by atoms with Crippen molar-refractivity contribution < 1.29 is 5.11 Å². The van der Waals surface area contributed by atoms with Crippen LogP contribution >= 0.6 is 0 Å². The molecule has 0 aliphatic carbocycles. The minimum Gasteiger partial charge on any atom is -0.508 e. The molecule has 0 bridgehead atoms. The van der Waals surface area contributed by atoms with Crippen molar-refractivity contribution in [3.05, 3.63) is 59.9 Å². The fourth-order valence-electron chi connectivity index (χ4n) is 2.23. The van der Waals surface area contributed by atoms with Crippen LogP contribution in [0.2, 0.25) is 0 Å². The Morgan fingerprint density at radius 3 is 2.47 bits per heavy atom. The highest BCUT2D eigenvalue weighted by Crippen LogP contribution is 2.13. The van der Waals surface area contributed by atoms with Gasteiger partial charge in [0.2, 0.25) is 0 Å². The smallest absolute Gasteiger partial charge is 0.115 e. The van der Waals surface area contributed by atoms with Crippen LogP contribution < -0.4 is 5.32 Å². The maximum atomic E-state index is 9.31. The average Bonchev–Trinajstić information content (AvgIpc) is 2.43. The minimum absolute atomic E-state index is 0.316. The number of nitrogens with zero attached hydrogens (tertiary/aromatic N) is 1. The van der Waals surface area contributed by atoms with Crippen LogP contribution in [0.25, 0.3) is 0 Å². The van der Waals surface area contributed by atoms with E-state index >= 15 is 0 Å².